The van der Waals surface area contributed by atoms with Gasteiger partial charge in [0.1, 0.15) is 33.8 Å². The molecule has 6 heterocycles. The van der Waals surface area contributed by atoms with Gasteiger partial charge < -0.3 is 28.3 Å². The van der Waals surface area contributed by atoms with Gasteiger partial charge in [0, 0.05) is 72.7 Å². The van der Waals surface area contributed by atoms with Crippen molar-refractivity contribution in [3.63, 3.8) is 0 Å². The minimum atomic E-state index is -0.155. The van der Waals surface area contributed by atoms with E-state index in [2.05, 4.69) is 300 Å². The van der Waals surface area contributed by atoms with Gasteiger partial charge in [0.25, 0.3) is 13.4 Å². The molecule has 14 aromatic carbocycles. The molecule has 4 aliphatic heterocycles. The molecule has 0 spiro atoms. The van der Waals surface area contributed by atoms with Crippen molar-refractivity contribution in [1.82, 2.24) is 0 Å². The summed E-state index contributed by atoms with van der Waals surface area (Å²) in [5.74, 6) is 1.72. The van der Waals surface area contributed by atoms with Gasteiger partial charge in [-0.1, -0.05) is 158 Å². The van der Waals surface area contributed by atoms with E-state index in [0.29, 0.717) is 0 Å². The van der Waals surface area contributed by atoms with Gasteiger partial charge in [-0.25, -0.2) is 0 Å². The van der Waals surface area contributed by atoms with Crippen molar-refractivity contribution in [1.29, 1.82) is 0 Å². The molecule has 6 nitrogen and oxygen atoms in total. The Hall–Kier alpha value is -11.5. The van der Waals surface area contributed by atoms with Gasteiger partial charge in [0.15, 0.2) is 0 Å². The molecule has 0 atom stereocenters. The van der Waals surface area contributed by atoms with E-state index in [-0.39, 0.29) is 13.4 Å². The average Bonchev–Trinajstić information content (AvgIpc) is 0.905. The highest BCUT2D eigenvalue weighted by molar-refractivity contribution is 7.02. The topological polar surface area (TPSA) is 45.2 Å². The van der Waals surface area contributed by atoms with E-state index in [1.54, 1.807) is 0 Å². The summed E-state index contributed by atoms with van der Waals surface area (Å²) in [6.45, 7) is -0.294. The summed E-state index contributed by atoms with van der Waals surface area (Å²) in [5.41, 5.74) is 25.1. The molecule has 0 radical (unpaired) electrons. The fraction of sp³-hybridized carbons (Fsp3) is 0. The van der Waals surface area contributed by atoms with E-state index in [9.17, 15) is 0 Å². The molecule has 2 aromatic heterocycles. The summed E-state index contributed by atoms with van der Waals surface area (Å²) >= 11 is 0. The van der Waals surface area contributed by atoms with E-state index in [4.69, 9.17) is 13.6 Å². The zero-order valence-electron chi connectivity index (χ0n) is 47.4. The molecule has 4 aliphatic rings. The fourth-order valence-corrected chi connectivity index (χ4v) is 15.3. The van der Waals surface area contributed by atoms with Crippen LogP contribution < -0.4 is 52.2 Å². The number of furan rings is 2. The second kappa shape index (κ2) is 18.0. The molecule has 0 bridgehead atoms. The molecule has 8 heteroatoms. The number of hydrogen-bond acceptors (Lipinski definition) is 6. The third kappa shape index (κ3) is 6.85. The van der Waals surface area contributed by atoms with Crippen molar-refractivity contribution in [2.45, 2.75) is 0 Å². The normalized spacial score (nSPS) is 13.4. The molecule has 0 amide bonds. The first-order chi connectivity index (χ1) is 43.6. The van der Waals surface area contributed by atoms with E-state index in [0.717, 1.165) is 151 Å². The van der Waals surface area contributed by atoms with Crippen LogP contribution in [0.4, 0.5) is 51.2 Å². The first kappa shape index (κ1) is 47.8. The summed E-state index contributed by atoms with van der Waals surface area (Å²) in [7, 11) is 0. The first-order valence-corrected chi connectivity index (χ1v) is 30.3. The summed E-state index contributed by atoms with van der Waals surface area (Å²) in [5, 5.41) is 9.08. The Morgan fingerprint density at radius 2 is 0.659 bits per heavy atom. The number of hydrogen-bond donors (Lipinski definition) is 0. The summed E-state index contributed by atoms with van der Waals surface area (Å²) in [6.07, 6.45) is 0. The Morgan fingerprint density at radius 1 is 0.239 bits per heavy atom. The predicted molar refractivity (Wildman–Crippen MR) is 367 cm³/mol. The zero-order chi connectivity index (χ0) is 57.3. The van der Waals surface area contributed by atoms with Crippen LogP contribution in [0.2, 0.25) is 0 Å². The Kier molecular flexibility index (Phi) is 9.80. The largest absolute Gasteiger partial charge is 0.458 e. The summed E-state index contributed by atoms with van der Waals surface area (Å²) in [6, 6.07) is 105. The highest BCUT2D eigenvalue weighted by Crippen LogP contribution is 2.50. The molecule has 0 saturated carbocycles. The smallest absolute Gasteiger partial charge is 0.256 e. The van der Waals surface area contributed by atoms with Crippen LogP contribution in [0.5, 0.6) is 11.5 Å². The second-order valence-corrected chi connectivity index (χ2v) is 23.9. The predicted octanol–water partition coefficient (Wildman–Crippen LogP) is 17.6. The maximum Gasteiger partial charge on any atom is 0.256 e. The number of benzene rings is 14. The van der Waals surface area contributed by atoms with Gasteiger partial charge in [0.05, 0.1) is 0 Å². The number of para-hydroxylation sites is 5. The highest BCUT2D eigenvalue weighted by atomic mass is 16.5. The van der Waals surface area contributed by atoms with Gasteiger partial charge in [-0.15, -0.1) is 0 Å². The molecular formula is C80H47B2N3O3. The minimum Gasteiger partial charge on any atom is -0.458 e. The molecule has 0 unspecified atom stereocenters. The lowest BCUT2D eigenvalue weighted by molar-refractivity contribution is 0.488. The van der Waals surface area contributed by atoms with Crippen LogP contribution in [0.15, 0.2) is 294 Å². The maximum absolute atomic E-state index is 7.22. The number of anilines is 9. The molecule has 0 fully saturated rings. The van der Waals surface area contributed by atoms with Crippen LogP contribution in [0, 0.1) is 0 Å². The lowest BCUT2D eigenvalue weighted by Crippen LogP contribution is -2.64. The van der Waals surface area contributed by atoms with Crippen molar-refractivity contribution in [2.24, 2.45) is 0 Å². The van der Waals surface area contributed by atoms with Crippen molar-refractivity contribution in [3.05, 3.63) is 285 Å². The molecule has 16 aromatic rings. The molecular weight excluding hydrogens is 1070 g/mol. The van der Waals surface area contributed by atoms with Crippen LogP contribution in [0.3, 0.4) is 0 Å². The zero-order valence-corrected chi connectivity index (χ0v) is 47.4. The lowest BCUT2D eigenvalue weighted by Gasteiger charge is -2.46. The second-order valence-electron chi connectivity index (χ2n) is 23.9. The standard InChI is InChI=1S/C80H47B2N3O3/c1-4-22-56(23-5-1)83-67-30-16-14-28-63(67)81-65-46-66-69(47-68(65)84(57-24-6-2-7-25-57)71-41-54(40-70(83)79(71)81)52-32-34-73-59(38-52)61-36-48-18-10-12-20-50(48)43-76(61)86-73)85(58-26-8-3-9-27-58)72-42-55(45-78-80(72)82(66)64-29-15-17-31-75(64)88-78)53-33-35-74-60(39-53)62-37-49-19-11-13-21-51(49)44-77(62)87-74/h1-47H. The van der Waals surface area contributed by atoms with E-state index >= 15 is 0 Å². The third-order valence-electron chi connectivity index (χ3n) is 19.2. The summed E-state index contributed by atoms with van der Waals surface area (Å²) in [4.78, 5) is 7.55. The Labute approximate surface area is 507 Å². The van der Waals surface area contributed by atoms with Crippen LogP contribution >= 0.6 is 0 Å². The molecule has 0 aliphatic carbocycles. The van der Waals surface area contributed by atoms with Crippen molar-refractivity contribution >= 4 is 163 Å². The van der Waals surface area contributed by atoms with Gasteiger partial charge >= 0.3 is 0 Å². The minimum absolute atomic E-state index is 0.139. The van der Waals surface area contributed by atoms with Gasteiger partial charge in [0.2, 0.25) is 0 Å². The van der Waals surface area contributed by atoms with E-state index in [1.165, 1.54) is 32.6 Å². The van der Waals surface area contributed by atoms with Crippen LogP contribution in [0.1, 0.15) is 0 Å². The van der Waals surface area contributed by atoms with Crippen LogP contribution in [-0.2, 0) is 0 Å². The van der Waals surface area contributed by atoms with Crippen LogP contribution in [-0.4, -0.2) is 13.4 Å². The van der Waals surface area contributed by atoms with Gasteiger partial charge in [-0.2, -0.15) is 0 Å². The highest BCUT2D eigenvalue weighted by Gasteiger charge is 2.48. The van der Waals surface area contributed by atoms with Crippen molar-refractivity contribution in [3.8, 4) is 33.8 Å². The SMILES string of the molecule is c1ccc(N2c3cc4c(cc3B3c5ccccc5Oc5cc(-c6ccc7oc8cc9ccccc9cc8c7c6)cc2c53)B2c3ccccc3N(c3ccccc3)c3cc(-c5ccc6oc7cc8ccccc8cc7c6c5)cc(c32)N4c2ccccc2)cc1. The first-order valence-electron chi connectivity index (χ1n) is 30.3. The Morgan fingerprint density at radius 3 is 1.20 bits per heavy atom. The van der Waals surface area contributed by atoms with Crippen molar-refractivity contribution in [2.75, 3.05) is 14.7 Å². The Bertz CT molecular complexity index is 5660. The number of nitrogens with zero attached hydrogens (tertiary/aromatic N) is 3. The summed E-state index contributed by atoms with van der Waals surface area (Å²) < 4.78 is 20.4. The maximum atomic E-state index is 7.22. The molecule has 88 heavy (non-hydrogen) atoms. The molecule has 0 N–H and O–H groups in total. The number of ether oxygens (including phenoxy) is 1. The molecule has 20 rings (SSSR count). The number of rotatable bonds is 5. The fourth-order valence-electron chi connectivity index (χ4n) is 15.3. The van der Waals surface area contributed by atoms with E-state index in [1.807, 2.05) is 0 Å². The molecule has 406 valence electrons. The van der Waals surface area contributed by atoms with Gasteiger partial charge in [-0.3, -0.25) is 0 Å². The van der Waals surface area contributed by atoms with Crippen LogP contribution in [0.25, 0.3) is 87.7 Å². The van der Waals surface area contributed by atoms with Gasteiger partial charge in [-0.05, 0) is 204 Å². The quantitative estimate of drug-likeness (QED) is 0.160. The van der Waals surface area contributed by atoms with Crippen molar-refractivity contribution < 1.29 is 13.6 Å². The monoisotopic (exact) mass is 1120 g/mol. The number of fused-ring (bicyclic) bond motifs is 16. The third-order valence-corrected chi connectivity index (χ3v) is 19.2. The average molecular weight is 1120 g/mol. The Balaban J connectivity index is 0.852. The lowest BCUT2D eigenvalue weighted by atomic mass is 9.30. The van der Waals surface area contributed by atoms with E-state index < -0.39 is 0 Å². The molecule has 0 saturated heterocycles.